The summed E-state index contributed by atoms with van der Waals surface area (Å²) in [6.07, 6.45) is 3.20. The summed E-state index contributed by atoms with van der Waals surface area (Å²) in [5.74, 6) is 1.02. The van der Waals surface area contributed by atoms with Crippen LogP contribution in [-0.2, 0) is 6.54 Å². The molecule has 0 aliphatic heterocycles. The van der Waals surface area contributed by atoms with Crippen molar-refractivity contribution < 1.29 is 9.32 Å². The molecule has 1 aromatic heterocycles. The summed E-state index contributed by atoms with van der Waals surface area (Å²) in [6, 6.07) is 7.65. The number of aromatic nitrogens is 2. The smallest absolute Gasteiger partial charge is 0.251 e. The molecule has 0 saturated heterocycles. The lowest BCUT2D eigenvalue weighted by Crippen LogP contribution is -2.25. The Balaban J connectivity index is 1.69. The molecular formula is C16H20N4O2. The molecule has 1 fully saturated rings. The largest absolute Gasteiger partial charge is 0.349 e. The third kappa shape index (κ3) is 3.71. The van der Waals surface area contributed by atoms with Crippen LogP contribution in [0.4, 0.5) is 0 Å². The van der Waals surface area contributed by atoms with E-state index in [0.717, 1.165) is 31.4 Å². The number of nitrogens with one attached hydrogen (secondary N) is 2. The molecular weight excluding hydrogens is 280 g/mol. The fourth-order valence-corrected chi connectivity index (χ4v) is 2.11. The van der Waals surface area contributed by atoms with Crippen molar-refractivity contribution >= 4 is 5.91 Å². The van der Waals surface area contributed by atoms with Gasteiger partial charge in [-0.05, 0) is 37.9 Å². The normalized spacial score (nSPS) is 14.0. The fourth-order valence-electron chi connectivity index (χ4n) is 2.11. The first-order valence-electron chi connectivity index (χ1n) is 7.71. The molecule has 1 aliphatic carbocycles. The topological polar surface area (TPSA) is 80.0 Å². The minimum absolute atomic E-state index is 0.0438. The van der Waals surface area contributed by atoms with E-state index in [1.54, 1.807) is 12.1 Å². The molecule has 1 aromatic carbocycles. The zero-order valence-electron chi connectivity index (χ0n) is 12.6. The number of rotatable bonds is 7. The average molecular weight is 300 g/mol. The summed E-state index contributed by atoms with van der Waals surface area (Å²) in [6.45, 7) is 3.57. The van der Waals surface area contributed by atoms with Gasteiger partial charge in [-0.2, -0.15) is 4.98 Å². The van der Waals surface area contributed by atoms with Gasteiger partial charge < -0.3 is 15.2 Å². The van der Waals surface area contributed by atoms with Crippen LogP contribution >= 0.6 is 0 Å². The molecule has 6 nitrogen and oxygen atoms in total. The van der Waals surface area contributed by atoms with Crippen molar-refractivity contribution in [1.82, 2.24) is 20.8 Å². The summed E-state index contributed by atoms with van der Waals surface area (Å²) in [5.41, 5.74) is 1.41. The zero-order valence-corrected chi connectivity index (χ0v) is 12.6. The fraction of sp³-hybridized carbons (Fsp3) is 0.438. The van der Waals surface area contributed by atoms with Crippen LogP contribution < -0.4 is 10.6 Å². The average Bonchev–Trinajstić information content (AvgIpc) is 3.22. The first-order chi connectivity index (χ1) is 10.8. The number of carbonyl (C=O) groups excluding carboxylic acids is 1. The van der Waals surface area contributed by atoms with E-state index in [0.29, 0.717) is 29.9 Å². The van der Waals surface area contributed by atoms with Crippen molar-refractivity contribution in [2.24, 2.45) is 0 Å². The van der Waals surface area contributed by atoms with Gasteiger partial charge in [-0.15, -0.1) is 0 Å². The van der Waals surface area contributed by atoms with E-state index >= 15 is 0 Å². The van der Waals surface area contributed by atoms with Crippen LogP contribution in [0.2, 0.25) is 0 Å². The number of benzene rings is 1. The van der Waals surface area contributed by atoms with E-state index < -0.39 is 0 Å². The maximum Gasteiger partial charge on any atom is 0.251 e. The quantitative estimate of drug-likeness (QED) is 0.766. The number of hydrogen-bond donors (Lipinski definition) is 2. The second kappa shape index (κ2) is 6.70. The highest BCUT2D eigenvalue weighted by molar-refractivity contribution is 5.95. The van der Waals surface area contributed by atoms with Gasteiger partial charge in [-0.1, -0.05) is 24.2 Å². The number of carbonyl (C=O) groups is 1. The van der Waals surface area contributed by atoms with Crippen molar-refractivity contribution in [3.8, 4) is 11.4 Å². The molecule has 3 rings (SSSR count). The molecule has 1 heterocycles. The van der Waals surface area contributed by atoms with Crippen LogP contribution in [0.3, 0.4) is 0 Å². The molecule has 1 amide bonds. The Kier molecular flexibility index (Phi) is 4.48. The predicted molar refractivity (Wildman–Crippen MR) is 82.2 cm³/mol. The molecule has 1 saturated carbocycles. The van der Waals surface area contributed by atoms with Crippen molar-refractivity contribution in [1.29, 1.82) is 0 Å². The van der Waals surface area contributed by atoms with E-state index in [4.69, 9.17) is 4.52 Å². The minimum atomic E-state index is -0.0438. The molecule has 6 heteroatoms. The van der Waals surface area contributed by atoms with Gasteiger partial charge in [0.2, 0.25) is 11.7 Å². The van der Waals surface area contributed by atoms with Crippen LogP contribution in [-0.4, -0.2) is 28.6 Å². The lowest BCUT2D eigenvalue weighted by atomic mass is 10.1. The molecule has 1 aliphatic rings. The molecule has 0 atom stereocenters. The van der Waals surface area contributed by atoms with Crippen molar-refractivity contribution in [3.05, 3.63) is 35.7 Å². The SMILES string of the molecule is CCCNCc1nc(-c2cccc(C(=O)NC3CC3)c2)no1. The summed E-state index contributed by atoms with van der Waals surface area (Å²) < 4.78 is 5.22. The second-order valence-corrected chi connectivity index (χ2v) is 5.52. The highest BCUT2D eigenvalue weighted by Crippen LogP contribution is 2.21. The van der Waals surface area contributed by atoms with Gasteiger partial charge in [-0.3, -0.25) is 4.79 Å². The van der Waals surface area contributed by atoms with Crippen LogP contribution in [0.1, 0.15) is 42.4 Å². The van der Waals surface area contributed by atoms with Crippen molar-refractivity contribution in [2.45, 2.75) is 38.8 Å². The van der Waals surface area contributed by atoms with E-state index in [-0.39, 0.29) is 5.91 Å². The van der Waals surface area contributed by atoms with Gasteiger partial charge in [0.15, 0.2) is 0 Å². The van der Waals surface area contributed by atoms with Gasteiger partial charge in [-0.25, -0.2) is 0 Å². The van der Waals surface area contributed by atoms with Gasteiger partial charge in [0.1, 0.15) is 0 Å². The maximum absolute atomic E-state index is 12.1. The van der Waals surface area contributed by atoms with E-state index in [1.807, 2.05) is 12.1 Å². The van der Waals surface area contributed by atoms with Gasteiger partial charge in [0, 0.05) is 17.2 Å². The van der Waals surface area contributed by atoms with Gasteiger partial charge in [0.25, 0.3) is 5.91 Å². The van der Waals surface area contributed by atoms with Crippen LogP contribution in [0, 0.1) is 0 Å². The molecule has 0 unspecified atom stereocenters. The Morgan fingerprint density at radius 3 is 3.05 bits per heavy atom. The molecule has 0 radical (unpaired) electrons. The Morgan fingerprint density at radius 1 is 1.41 bits per heavy atom. The second-order valence-electron chi connectivity index (χ2n) is 5.52. The highest BCUT2D eigenvalue weighted by atomic mass is 16.5. The third-order valence-electron chi connectivity index (χ3n) is 3.47. The summed E-state index contributed by atoms with van der Waals surface area (Å²) in [4.78, 5) is 16.4. The molecule has 116 valence electrons. The zero-order chi connectivity index (χ0) is 15.4. The van der Waals surface area contributed by atoms with Gasteiger partial charge >= 0.3 is 0 Å². The molecule has 22 heavy (non-hydrogen) atoms. The number of amides is 1. The van der Waals surface area contributed by atoms with Crippen molar-refractivity contribution in [2.75, 3.05) is 6.54 Å². The molecule has 0 spiro atoms. The van der Waals surface area contributed by atoms with Crippen LogP contribution in [0.25, 0.3) is 11.4 Å². The Hall–Kier alpha value is -2.21. The van der Waals surface area contributed by atoms with E-state index in [9.17, 15) is 4.79 Å². The van der Waals surface area contributed by atoms with Gasteiger partial charge in [0.05, 0.1) is 6.54 Å². The molecule has 2 aromatic rings. The number of nitrogens with zero attached hydrogens (tertiary/aromatic N) is 2. The van der Waals surface area contributed by atoms with Crippen molar-refractivity contribution in [3.63, 3.8) is 0 Å². The van der Waals surface area contributed by atoms with E-state index in [1.165, 1.54) is 0 Å². The Bertz CT molecular complexity index is 649. The summed E-state index contributed by atoms with van der Waals surface area (Å²) in [7, 11) is 0. The van der Waals surface area contributed by atoms with Crippen LogP contribution in [0.15, 0.2) is 28.8 Å². The predicted octanol–water partition coefficient (Wildman–Crippen LogP) is 2.13. The van der Waals surface area contributed by atoms with E-state index in [2.05, 4.69) is 27.7 Å². The monoisotopic (exact) mass is 300 g/mol. The lowest BCUT2D eigenvalue weighted by Gasteiger charge is -2.04. The maximum atomic E-state index is 12.1. The highest BCUT2D eigenvalue weighted by Gasteiger charge is 2.24. The minimum Gasteiger partial charge on any atom is -0.349 e. The third-order valence-corrected chi connectivity index (χ3v) is 3.47. The Labute approximate surface area is 129 Å². The molecule has 2 N–H and O–H groups in total. The molecule has 0 bridgehead atoms. The van der Waals surface area contributed by atoms with Crippen LogP contribution in [0.5, 0.6) is 0 Å². The standard InChI is InChI=1S/C16H20N4O2/c1-2-8-17-10-14-19-15(20-22-14)11-4-3-5-12(9-11)16(21)18-13-6-7-13/h3-5,9,13,17H,2,6-8,10H2,1H3,(H,18,21). The first-order valence-corrected chi connectivity index (χ1v) is 7.71. The summed E-state index contributed by atoms with van der Waals surface area (Å²) >= 11 is 0. The Morgan fingerprint density at radius 2 is 2.27 bits per heavy atom. The number of hydrogen-bond acceptors (Lipinski definition) is 5. The first kappa shape index (κ1) is 14.7. The summed E-state index contributed by atoms with van der Waals surface area (Å²) in [5, 5.41) is 10.2. The lowest BCUT2D eigenvalue weighted by molar-refractivity contribution is 0.0951.